The van der Waals surface area contributed by atoms with Gasteiger partial charge in [0.1, 0.15) is 0 Å². The highest BCUT2D eigenvalue weighted by molar-refractivity contribution is 5.98. The van der Waals surface area contributed by atoms with Crippen molar-refractivity contribution in [3.05, 3.63) is 161 Å². The lowest BCUT2D eigenvalue weighted by Gasteiger charge is -2.41. The summed E-state index contributed by atoms with van der Waals surface area (Å²) in [5, 5.41) is 0. The molecule has 3 aliphatic carbocycles. The van der Waals surface area contributed by atoms with Crippen molar-refractivity contribution in [3.63, 3.8) is 0 Å². The van der Waals surface area contributed by atoms with Crippen LogP contribution in [0.2, 0.25) is 0 Å². The van der Waals surface area contributed by atoms with Crippen LogP contribution in [-0.2, 0) is 16.2 Å². The predicted molar refractivity (Wildman–Crippen MR) is 222 cm³/mol. The molecule has 1 nitrogen and oxygen atoms in total. The number of rotatable bonds is 9. The second-order valence-electron chi connectivity index (χ2n) is 15.4. The lowest BCUT2D eigenvalue weighted by atomic mass is 9.71. The number of nitrogens with zero attached hydrogens (tertiary/aromatic N) is 1. The normalized spacial score (nSPS) is 16.0. The summed E-state index contributed by atoms with van der Waals surface area (Å²) < 4.78 is 0. The summed E-state index contributed by atoms with van der Waals surface area (Å²) in [5.74, 6) is 0. The Labute approximate surface area is 311 Å². The van der Waals surface area contributed by atoms with E-state index in [1.54, 1.807) is 0 Å². The Hall–Kier alpha value is -4.88. The Morgan fingerprint density at radius 1 is 0.308 bits per heavy atom. The highest BCUT2D eigenvalue weighted by atomic mass is 15.2. The fraction of sp³-hybridized carbons (Fsp3) is 0.294. The molecule has 0 radical (unpaired) electrons. The fourth-order valence-corrected chi connectivity index (χ4v) is 11.5. The van der Waals surface area contributed by atoms with Crippen molar-refractivity contribution in [3.8, 4) is 33.4 Å². The third kappa shape index (κ3) is 4.00. The summed E-state index contributed by atoms with van der Waals surface area (Å²) >= 11 is 0. The van der Waals surface area contributed by atoms with Crippen molar-refractivity contribution < 1.29 is 0 Å². The van der Waals surface area contributed by atoms with Crippen LogP contribution in [0.25, 0.3) is 33.4 Å². The van der Waals surface area contributed by atoms with Crippen LogP contribution in [0.5, 0.6) is 0 Å². The van der Waals surface area contributed by atoms with Crippen LogP contribution in [0.1, 0.15) is 113 Å². The van der Waals surface area contributed by atoms with E-state index >= 15 is 0 Å². The molecule has 0 saturated carbocycles. The minimum atomic E-state index is -0.0815. The van der Waals surface area contributed by atoms with Crippen molar-refractivity contribution in [2.45, 2.75) is 96.3 Å². The fourth-order valence-electron chi connectivity index (χ4n) is 11.5. The van der Waals surface area contributed by atoms with E-state index < -0.39 is 0 Å². The molecule has 6 aromatic carbocycles. The van der Waals surface area contributed by atoms with Crippen molar-refractivity contribution in [2.24, 2.45) is 0 Å². The Morgan fingerprint density at radius 3 is 0.827 bits per heavy atom. The summed E-state index contributed by atoms with van der Waals surface area (Å²) in [7, 11) is 0. The molecule has 0 aromatic heterocycles. The molecule has 0 unspecified atom stereocenters. The molecule has 6 aromatic rings. The Balaban J connectivity index is 1.44. The van der Waals surface area contributed by atoms with Crippen LogP contribution in [-0.4, -0.2) is 0 Å². The van der Waals surface area contributed by atoms with Crippen LogP contribution < -0.4 is 4.90 Å². The molecule has 1 heteroatoms. The molecule has 9 rings (SSSR count). The minimum absolute atomic E-state index is 0.0815. The van der Waals surface area contributed by atoms with E-state index in [1.807, 2.05) is 0 Å². The first-order valence-corrected chi connectivity index (χ1v) is 20.0. The highest BCUT2D eigenvalue weighted by Crippen LogP contribution is 2.63. The monoisotopic (exact) mass is 677 g/mol. The average molecular weight is 678 g/mol. The second-order valence-corrected chi connectivity index (χ2v) is 15.4. The maximum atomic E-state index is 2.76. The number of hydrogen-bond acceptors (Lipinski definition) is 1. The summed E-state index contributed by atoms with van der Waals surface area (Å²) in [6.07, 6.45) is 6.31. The Kier molecular flexibility index (Phi) is 7.67. The average Bonchev–Trinajstić information content (AvgIpc) is 3.79. The maximum Gasteiger partial charge on any atom is 0.0509 e. The molecule has 0 N–H and O–H groups in total. The largest absolute Gasteiger partial charge is 0.310 e. The summed E-state index contributed by atoms with van der Waals surface area (Å²) in [5.41, 5.74) is 21.0. The first kappa shape index (κ1) is 33.0. The quantitative estimate of drug-likeness (QED) is 0.147. The molecule has 3 aliphatic rings. The van der Waals surface area contributed by atoms with Gasteiger partial charge in [0, 0.05) is 16.2 Å². The summed E-state index contributed by atoms with van der Waals surface area (Å²) in [6, 6.07) is 49.2. The van der Waals surface area contributed by atoms with Crippen molar-refractivity contribution in [2.75, 3.05) is 4.90 Å². The first-order chi connectivity index (χ1) is 25.5. The molecule has 0 spiro atoms. The lowest BCUT2D eigenvalue weighted by molar-refractivity contribution is 0.486. The van der Waals surface area contributed by atoms with Gasteiger partial charge in [-0.05, 0) is 123 Å². The van der Waals surface area contributed by atoms with Gasteiger partial charge in [-0.2, -0.15) is 0 Å². The van der Waals surface area contributed by atoms with Gasteiger partial charge in [-0.25, -0.2) is 0 Å². The van der Waals surface area contributed by atoms with Gasteiger partial charge in [0.25, 0.3) is 0 Å². The SMILES string of the molecule is CCC1(CC)c2ccccc2-c2cccc(N(c3cccc4c3C(CC)(CC)c3ccccc3-4)c3cccc4c3C(CC)(CC)c3ccccc3-4)c21. The van der Waals surface area contributed by atoms with E-state index in [4.69, 9.17) is 0 Å². The van der Waals surface area contributed by atoms with Gasteiger partial charge in [-0.3, -0.25) is 0 Å². The van der Waals surface area contributed by atoms with E-state index in [-0.39, 0.29) is 16.2 Å². The molecular weight excluding hydrogens is 627 g/mol. The van der Waals surface area contributed by atoms with Gasteiger partial charge in [0.05, 0.1) is 17.1 Å². The molecule has 0 bridgehead atoms. The zero-order valence-electron chi connectivity index (χ0n) is 31.8. The van der Waals surface area contributed by atoms with Crippen LogP contribution in [0, 0.1) is 0 Å². The van der Waals surface area contributed by atoms with Gasteiger partial charge in [-0.1, -0.05) is 151 Å². The molecule has 0 amide bonds. The summed E-state index contributed by atoms with van der Waals surface area (Å²) in [6.45, 7) is 14.4. The highest BCUT2D eigenvalue weighted by Gasteiger charge is 2.48. The molecule has 260 valence electrons. The smallest absolute Gasteiger partial charge is 0.0509 e. The Bertz CT molecular complexity index is 2080. The molecule has 0 aliphatic heterocycles. The molecule has 52 heavy (non-hydrogen) atoms. The zero-order chi connectivity index (χ0) is 35.8. The van der Waals surface area contributed by atoms with Gasteiger partial charge >= 0.3 is 0 Å². The van der Waals surface area contributed by atoms with Gasteiger partial charge in [-0.15, -0.1) is 0 Å². The molecule has 0 saturated heterocycles. The number of anilines is 3. The van der Waals surface area contributed by atoms with Crippen LogP contribution in [0.15, 0.2) is 127 Å². The molecular formula is C51H51N. The first-order valence-electron chi connectivity index (χ1n) is 20.0. The molecule has 0 atom stereocenters. The number of hydrogen-bond donors (Lipinski definition) is 0. The van der Waals surface area contributed by atoms with Crippen LogP contribution in [0.3, 0.4) is 0 Å². The van der Waals surface area contributed by atoms with Gasteiger partial charge in [0.15, 0.2) is 0 Å². The third-order valence-electron chi connectivity index (χ3n) is 14.1. The van der Waals surface area contributed by atoms with Crippen molar-refractivity contribution >= 4 is 17.1 Å². The number of fused-ring (bicyclic) bond motifs is 9. The standard InChI is InChI=1S/C51H51N/c1-7-49(8-2)40-28-16-13-22-34(40)37-25-19-31-43(46(37)49)52(44-32-20-26-38-35-23-14-17-29-41(35)50(9-3,10-4)47(38)44)45-33-21-27-39-36-24-15-18-30-42(36)51(11-5,12-6)48(39)45/h13-33H,7-12H2,1-6H3. The topological polar surface area (TPSA) is 3.24 Å². The van der Waals surface area contributed by atoms with E-state index in [0.717, 1.165) is 38.5 Å². The third-order valence-corrected chi connectivity index (χ3v) is 14.1. The van der Waals surface area contributed by atoms with Gasteiger partial charge < -0.3 is 4.90 Å². The number of benzene rings is 6. The van der Waals surface area contributed by atoms with Crippen molar-refractivity contribution in [1.82, 2.24) is 0 Å². The minimum Gasteiger partial charge on any atom is -0.310 e. The van der Waals surface area contributed by atoms with Crippen LogP contribution >= 0.6 is 0 Å². The molecule has 0 heterocycles. The van der Waals surface area contributed by atoms with E-state index in [2.05, 4.69) is 174 Å². The van der Waals surface area contributed by atoms with Gasteiger partial charge in [0.2, 0.25) is 0 Å². The van der Waals surface area contributed by atoms with E-state index in [1.165, 1.54) is 83.8 Å². The lowest BCUT2D eigenvalue weighted by Crippen LogP contribution is -2.30. The van der Waals surface area contributed by atoms with E-state index in [0.29, 0.717) is 0 Å². The predicted octanol–water partition coefficient (Wildman–Crippen LogP) is 14.4. The van der Waals surface area contributed by atoms with Crippen LogP contribution in [0.4, 0.5) is 17.1 Å². The van der Waals surface area contributed by atoms with E-state index in [9.17, 15) is 0 Å². The van der Waals surface area contributed by atoms with Crippen molar-refractivity contribution in [1.29, 1.82) is 0 Å². The summed E-state index contributed by atoms with van der Waals surface area (Å²) in [4.78, 5) is 2.76. The molecule has 0 fully saturated rings. The maximum absolute atomic E-state index is 2.76. The zero-order valence-corrected chi connectivity index (χ0v) is 31.8. The Morgan fingerprint density at radius 2 is 0.558 bits per heavy atom. The second kappa shape index (κ2) is 12.1.